The lowest BCUT2D eigenvalue weighted by atomic mass is 9.95. The standard InChI is InChI=1S/C18H23NO2S/c1-12-13(2)15(4)18(16(5)14(12)3)22(20,21)19-11-17-9-7-6-8-10-17/h6-10,19H,11H2,1-5H3. The molecule has 22 heavy (non-hydrogen) atoms. The van der Waals surface area contributed by atoms with Gasteiger partial charge in [0.1, 0.15) is 0 Å². The lowest BCUT2D eigenvalue weighted by Gasteiger charge is -2.19. The fourth-order valence-corrected chi connectivity index (χ4v) is 4.33. The van der Waals surface area contributed by atoms with Crippen LogP contribution in [0.2, 0.25) is 0 Å². The summed E-state index contributed by atoms with van der Waals surface area (Å²) in [4.78, 5) is 0.420. The molecule has 0 fully saturated rings. The van der Waals surface area contributed by atoms with Crippen molar-refractivity contribution in [2.24, 2.45) is 0 Å². The van der Waals surface area contributed by atoms with E-state index >= 15 is 0 Å². The zero-order valence-corrected chi connectivity index (χ0v) is 14.6. The zero-order valence-electron chi connectivity index (χ0n) is 13.8. The van der Waals surface area contributed by atoms with E-state index in [9.17, 15) is 8.42 Å². The van der Waals surface area contributed by atoms with Gasteiger partial charge in [-0.05, 0) is 68.0 Å². The molecule has 118 valence electrons. The highest BCUT2D eigenvalue weighted by atomic mass is 32.2. The van der Waals surface area contributed by atoms with Crippen LogP contribution < -0.4 is 4.72 Å². The molecule has 2 aromatic carbocycles. The maximum Gasteiger partial charge on any atom is 0.241 e. The van der Waals surface area contributed by atoms with Crippen molar-refractivity contribution in [3.8, 4) is 0 Å². The number of nitrogens with one attached hydrogen (secondary N) is 1. The molecule has 0 radical (unpaired) electrons. The van der Waals surface area contributed by atoms with Crippen LogP contribution in [0.4, 0.5) is 0 Å². The van der Waals surface area contributed by atoms with Crippen LogP contribution in [-0.2, 0) is 16.6 Å². The van der Waals surface area contributed by atoms with Gasteiger partial charge in [-0.3, -0.25) is 0 Å². The SMILES string of the molecule is Cc1c(C)c(C)c(S(=O)(=O)NCc2ccccc2)c(C)c1C. The number of hydrogen-bond acceptors (Lipinski definition) is 2. The highest BCUT2D eigenvalue weighted by Gasteiger charge is 2.23. The van der Waals surface area contributed by atoms with E-state index in [1.807, 2.05) is 65.0 Å². The Morgan fingerprint density at radius 1 is 0.773 bits per heavy atom. The van der Waals surface area contributed by atoms with Crippen LogP contribution in [0.1, 0.15) is 33.4 Å². The summed E-state index contributed by atoms with van der Waals surface area (Å²) in [6.45, 7) is 10.1. The Morgan fingerprint density at radius 3 is 1.73 bits per heavy atom. The third-order valence-electron chi connectivity index (χ3n) is 4.51. The second-order valence-electron chi connectivity index (χ2n) is 5.76. The van der Waals surface area contributed by atoms with E-state index in [1.165, 1.54) is 0 Å². The molecule has 2 rings (SSSR count). The average molecular weight is 317 g/mol. The maximum absolute atomic E-state index is 12.8. The lowest BCUT2D eigenvalue weighted by Crippen LogP contribution is -2.25. The average Bonchev–Trinajstić information content (AvgIpc) is 2.50. The van der Waals surface area contributed by atoms with Crippen molar-refractivity contribution in [3.63, 3.8) is 0 Å². The summed E-state index contributed by atoms with van der Waals surface area (Å²) in [5.74, 6) is 0. The summed E-state index contributed by atoms with van der Waals surface area (Å²) in [6, 6.07) is 9.54. The van der Waals surface area contributed by atoms with Crippen LogP contribution in [0, 0.1) is 34.6 Å². The molecule has 0 aromatic heterocycles. The smallest absolute Gasteiger partial charge is 0.207 e. The molecule has 0 saturated heterocycles. The zero-order chi connectivity index (χ0) is 16.5. The van der Waals surface area contributed by atoms with Gasteiger partial charge >= 0.3 is 0 Å². The monoisotopic (exact) mass is 317 g/mol. The van der Waals surface area contributed by atoms with Gasteiger partial charge < -0.3 is 0 Å². The number of hydrogen-bond donors (Lipinski definition) is 1. The number of sulfonamides is 1. The Balaban J connectivity index is 2.42. The summed E-state index contributed by atoms with van der Waals surface area (Å²) < 4.78 is 28.2. The Hall–Kier alpha value is -1.65. The molecule has 0 unspecified atom stereocenters. The molecule has 2 aromatic rings. The summed E-state index contributed by atoms with van der Waals surface area (Å²) >= 11 is 0. The highest BCUT2D eigenvalue weighted by Crippen LogP contribution is 2.29. The lowest BCUT2D eigenvalue weighted by molar-refractivity contribution is 0.579. The maximum atomic E-state index is 12.8. The molecular formula is C18H23NO2S. The molecule has 0 spiro atoms. The minimum absolute atomic E-state index is 0.300. The van der Waals surface area contributed by atoms with E-state index in [2.05, 4.69) is 4.72 Å². The molecule has 0 bridgehead atoms. The van der Waals surface area contributed by atoms with Gasteiger partial charge in [-0.15, -0.1) is 0 Å². The van der Waals surface area contributed by atoms with Crippen molar-refractivity contribution in [1.82, 2.24) is 4.72 Å². The molecule has 4 heteroatoms. The minimum Gasteiger partial charge on any atom is -0.207 e. The van der Waals surface area contributed by atoms with Gasteiger partial charge in [0.25, 0.3) is 0 Å². The second kappa shape index (κ2) is 6.23. The van der Waals surface area contributed by atoms with Gasteiger partial charge in [0, 0.05) is 6.54 Å². The Morgan fingerprint density at radius 2 is 1.23 bits per heavy atom. The van der Waals surface area contributed by atoms with Crippen LogP contribution in [0.15, 0.2) is 35.2 Å². The summed E-state index contributed by atoms with van der Waals surface area (Å²) in [7, 11) is -3.53. The Bertz CT molecular complexity index is 765. The Kier molecular flexibility index (Phi) is 4.73. The molecule has 0 aliphatic rings. The van der Waals surface area contributed by atoms with Crippen LogP contribution in [0.5, 0.6) is 0 Å². The minimum atomic E-state index is -3.53. The normalized spacial score (nSPS) is 11.7. The molecule has 0 atom stereocenters. The molecule has 1 N–H and O–H groups in total. The van der Waals surface area contributed by atoms with Crippen molar-refractivity contribution in [2.75, 3.05) is 0 Å². The van der Waals surface area contributed by atoms with Gasteiger partial charge in [-0.25, -0.2) is 13.1 Å². The predicted octanol–water partition coefficient (Wildman–Crippen LogP) is 3.71. The number of benzene rings is 2. The fraction of sp³-hybridized carbons (Fsp3) is 0.333. The van der Waals surface area contributed by atoms with Crippen LogP contribution >= 0.6 is 0 Å². The van der Waals surface area contributed by atoms with Gasteiger partial charge in [0.15, 0.2) is 0 Å². The van der Waals surface area contributed by atoms with Crippen LogP contribution in [-0.4, -0.2) is 8.42 Å². The predicted molar refractivity (Wildman–Crippen MR) is 90.6 cm³/mol. The summed E-state index contributed by atoms with van der Waals surface area (Å²) in [5.41, 5.74) is 5.87. The molecule has 0 aliphatic heterocycles. The first-order chi connectivity index (χ1) is 10.3. The van der Waals surface area contributed by atoms with Crippen molar-refractivity contribution < 1.29 is 8.42 Å². The van der Waals surface area contributed by atoms with Gasteiger partial charge in [0.05, 0.1) is 4.90 Å². The van der Waals surface area contributed by atoms with Crippen molar-refractivity contribution >= 4 is 10.0 Å². The Labute approximate surface area is 133 Å². The van der Waals surface area contributed by atoms with Crippen LogP contribution in [0.25, 0.3) is 0 Å². The first-order valence-electron chi connectivity index (χ1n) is 7.36. The first-order valence-corrected chi connectivity index (χ1v) is 8.84. The van der Waals surface area contributed by atoms with Crippen molar-refractivity contribution in [2.45, 2.75) is 46.1 Å². The summed E-state index contributed by atoms with van der Waals surface area (Å²) in [5, 5.41) is 0. The second-order valence-corrected chi connectivity index (χ2v) is 7.47. The highest BCUT2D eigenvalue weighted by molar-refractivity contribution is 7.89. The molecule has 3 nitrogen and oxygen atoms in total. The van der Waals surface area contributed by atoms with E-state index in [0.29, 0.717) is 11.4 Å². The van der Waals surface area contributed by atoms with E-state index in [1.54, 1.807) is 0 Å². The quantitative estimate of drug-likeness (QED) is 0.934. The first kappa shape index (κ1) is 16.7. The third-order valence-corrected chi connectivity index (χ3v) is 6.18. The molecule has 0 aliphatic carbocycles. The van der Waals surface area contributed by atoms with E-state index in [0.717, 1.165) is 33.4 Å². The van der Waals surface area contributed by atoms with Crippen molar-refractivity contribution in [1.29, 1.82) is 0 Å². The fourth-order valence-electron chi connectivity index (χ4n) is 2.72. The topological polar surface area (TPSA) is 46.2 Å². The van der Waals surface area contributed by atoms with Crippen molar-refractivity contribution in [3.05, 3.63) is 63.7 Å². The van der Waals surface area contributed by atoms with Gasteiger partial charge in [0.2, 0.25) is 10.0 Å². The molecular weight excluding hydrogens is 294 g/mol. The van der Waals surface area contributed by atoms with Gasteiger partial charge in [-0.1, -0.05) is 30.3 Å². The molecule has 0 amide bonds. The third kappa shape index (κ3) is 3.08. The molecule has 0 saturated carbocycles. The summed E-state index contributed by atoms with van der Waals surface area (Å²) in [6.07, 6.45) is 0. The molecule has 0 heterocycles. The van der Waals surface area contributed by atoms with Gasteiger partial charge in [-0.2, -0.15) is 0 Å². The van der Waals surface area contributed by atoms with E-state index < -0.39 is 10.0 Å². The largest absolute Gasteiger partial charge is 0.241 e. The number of rotatable bonds is 4. The van der Waals surface area contributed by atoms with Crippen LogP contribution in [0.3, 0.4) is 0 Å². The van der Waals surface area contributed by atoms with E-state index in [4.69, 9.17) is 0 Å². The van der Waals surface area contributed by atoms with E-state index in [-0.39, 0.29) is 0 Å².